The van der Waals surface area contributed by atoms with E-state index in [1.54, 1.807) is 19.0 Å². The summed E-state index contributed by atoms with van der Waals surface area (Å²) in [5.41, 5.74) is 6.61. The molecule has 8 N–H and O–H groups in total. The maximum absolute atomic E-state index is 14.0. The number of benzene rings is 1. The van der Waals surface area contributed by atoms with E-state index in [2.05, 4.69) is 5.32 Å². The summed E-state index contributed by atoms with van der Waals surface area (Å²) in [5.74, 6) is -8.90. The summed E-state index contributed by atoms with van der Waals surface area (Å²) in [6.07, 6.45) is 1.42. The quantitative estimate of drug-likeness (QED) is 0.196. The Morgan fingerprint density at radius 3 is 2.37 bits per heavy atom. The first-order valence-electron chi connectivity index (χ1n) is 12.8. The lowest BCUT2D eigenvalue weighted by Gasteiger charge is -2.51. The molecule has 208 valence electrons. The van der Waals surface area contributed by atoms with Gasteiger partial charge < -0.3 is 41.5 Å². The van der Waals surface area contributed by atoms with E-state index in [4.69, 9.17) is 5.73 Å². The zero-order valence-corrected chi connectivity index (χ0v) is 22.4. The summed E-state index contributed by atoms with van der Waals surface area (Å²) < 4.78 is 0. The van der Waals surface area contributed by atoms with E-state index in [9.17, 15) is 35.1 Å². The first-order chi connectivity index (χ1) is 17.7. The number of hydrogen-bond acceptors (Lipinski definition) is 10. The third-order valence-corrected chi connectivity index (χ3v) is 8.12. The highest BCUT2D eigenvalue weighted by atomic mass is 16.5. The fourth-order valence-electron chi connectivity index (χ4n) is 6.60. The van der Waals surface area contributed by atoms with Gasteiger partial charge in [0.05, 0.1) is 17.5 Å². The minimum absolute atomic E-state index is 0.0207. The number of primary amides is 1. The molecule has 3 unspecified atom stereocenters. The number of phenols is 1. The number of nitrogens with two attached hydrogens (primary N) is 1. The molecule has 38 heavy (non-hydrogen) atoms. The largest absolute Gasteiger partial charge is 0.511 e. The number of phenolic OH excluding ortho intramolecular Hbond substituents is 1. The molecule has 1 amide bonds. The lowest BCUT2D eigenvalue weighted by Crippen LogP contribution is -2.60. The number of aromatic hydroxyl groups is 1. The molecule has 1 aromatic rings. The number of Topliss-reactive ketones (excluding diaryl/α,β-unsaturated/α-hetero) is 1. The lowest BCUT2D eigenvalue weighted by atomic mass is 9.59. The standard InChI is InChI=1S/C27H38N4O7/c1-6-7-29-11-13-10-16(30(2)3)14-8-12-9-15-19(24(34)17(12)23(33)18(14)22(13)32)27(37,38)20(26(28)36)25(35)21(15)31(4)5/h10,12,15,19,21,29,32,34-35,37-38H,6-9,11H2,1-5H3,(H2,28,36)/t12?,15?,19?,21-/m1/s1. The predicted molar refractivity (Wildman–Crippen MR) is 141 cm³/mol. The smallest absolute Gasteiger partial charge is 0.253 e. The van der Waals surface area contributed by atoms with Crippen molar-refractivity contribution < 1.29 is 35.1 Å². The molecule has 1 aromatic carbocycles. The second kappa shape index (κ2) is 9.88. The number of aliphatic hydroxyl groups excluding tert-OH is 2. The van der Waals surface area contributed by atoms with Crippen molar-refractivity contribution >= 4 is 17.4 Å². The van der Waals surface area contributed by atoms with Crippen LogP contribution in [-0.4, -0.2) is 88.7 Å². The highest BCUT2D eigenvalue weighted by molar-refractivity contribution is 6.14. The SMILES string of the molecule is CCCNCc1cc(N(C)C)c2c(c1O)C(=O)C1=C(O)C3C(CC1C2)[C@@H](N(C)C)C(O)=C(C(N)=O)C3(O)O. The summed E-state index contributed by atoms with van der Waals surface area (Å²) in [6.45, 7) is 3.09. The molecule has 11 heteroatoms. The zero-order chi connectivity index (χ0) is 28.3. The molecule has 0 aliphatic heterocycles. The number of likely N-dealkylation sites (N-methyl/N-ethyl adjacent to an activating group) is 1. The molecule has 11 nitrogen and oxygen atoms in total. The molecular weight excluding hydrogens is 492 g/mol. The van der Waals surface area contributed by atoms with Crippen LogP contribution in [0.25, 0.3) is 0 Å². The second-order valence-corrected chi connectivity index (χ2v) is 11.0. The number of aliphatic hydroxyl groups is 4. The molecule has 0 saturated heterocycles. The Hall–Kier alpha value is -3.12. The van der Waals surface area contributed by atoms with Crippen LogP contribution >= 0.6 is 0 Å². The Kier molecular flexibility index (Phi) is 7.26. The minimum Gasteiger partial charge on any atom is -0.511 e. The van der Waals surface area contributed by atoms with E-state index in [0.717, 1.165) is 18.7 Å². The molecule has 0 radical (unpaired) electrons. The molecule has 4 atom stereocenters. The molecule has 0 fully saturated rings. The van der Waals surface area contributed by atoms with Crippen LogP contribution in [0.15, 0.2) is 28.7 Å². The van der Waals surface area contributed by atoms with Crippen LogP contribution in [0.3, 0.4) is 0 Å². The molecule has 0 spiro atoms. The number of ketones is 1. The monoisotopic (exact) mass is 530 g/mol. The van der Waals surface area contributed by atoms with Crippen LogP contribution in [-0.2, 0) is 17.8 Å². The topological polar surface area (TPSA) is 180 Å². The Labute approximate surface area is 221 Å². The molecule has 3 aliphatic rings. The Balaban J connectivity index is 1.91. The molecule has 4 rings (SSSR count). The maximum atomic E-state index is 14.0. The number of nitrogens with zero attached hydrogens (tertiary/aromatic N) is 2. The van der Waals surface area contributed by atoms with Gasteiger partial charge in [0.2, 0.25) is 5.79 Å². The van der Waals surface area contributed by atoms with Crippen molar-refractivity contribution in [3.63, 3.8) is 0 Å². The minimum atomic E-state index is -3.00. The third-order valence-electron chi connectivity index (χ3n) is 8.12. The van der Waals surface area contributed by atoms with Crippen LogP contribution in [0.5, 0.6) is 5.75 Å². The zero-order valence-electron chi connectivity index (χ0n) is 22.4. The van der Waals surface area contributed by atoms with Crippen LogP contribution < -0.4 is 16.0 Å². The number of amides is 1. The van der Waals surface area contributed by atoms with Gasteiger partial charge in [-0.15, -0.1) is 0 Å². The van der Waals surface area contributed by atoms with Crippen LogP contribution in [0.2, 0.25) is 0 Å². The van der Waals surface area contributed by atoms with E-state index < -0.39 is 58.4 Å². The Morgan fingerprint density at radius 1 is 1.16 bits per heavy atom. The third kappa shape index (κ3) is 4.14. The van der Waals surface area contributed by atoms with Crippen LogP contribution in [0, 0.1) is 17.8 Å². The Morgan fingerprint density at radius 2 is 1.82 bits per heavy atom. The van der Waals surface area contributed by atoms with Crippen LogP contribution in [0.4, 0.5) is 5.69 Å². The fourth-order valence-corrected chi connectivity index (χ4v) is 6.60. The molecule has 3 aliphatic carbocycles. The van der Waals surface area contributed by atoms with Gasteiger partial charge in [-0.1, -0.05) is 6.92 Å². The molecule has 0 aromatic heterocycles. The molecular formula is C27H38N4O7. The van der Waals surface area contributed by atoms with Crippen molar-refractivity contribution in [1.29, 1.82) is 0 Å². The van der Waals surface area contributed by atoms with Crippen molar-refractivity contribution in [3.8, 4) is 5.75 Å². The fraction of sp³-hybridized carbons (Fsp3) is 0.556. The average molecular weight is 531 g/mol. The maximum Gasteiger partial charge on any atom is 0.253 e. The normalized spacial score (nSPS) is 26.3. The van der Waals surface area contributed by atoms with Gasteiger partial charge in [0.25, 0.3) is 5.91 Å². The first-order valence-corrected chi connectivity index (χ1v) is 12.8. The first kappa shape index (κ1) is 27.9. The number of fused-ring (bicyclic) bond motifs is 3. The van der Waals surface area contributed by atoms with E-state index in [1.807, 2.05) is 32.0 Å². The second-order valence-electron chi connectivity index (χ2n) is 11.0. The van der Waals surface area contributed by atoms with E-state index in [1.165, 1.54) is 0 Å². The van der Waals surface area contributed by atoms with Gasteiger partial charge in [-0.3, -0.25) is 14.5 Å². The molecule has 0 saturated carbocycles. The van der Waals surface area contributed by atoms with E-state index in [-0.39, 0.29) is 23.3 Å². The number of rotatable bonds is 7. The van der Waals surface area contributed by atoms with Gasteiger partial charge in [0.15, 0.2) is 5.78 Å². The van der Waals surface area contributed by atoms with Gasteiger partial charge in [0.1, 0.15) is 22.8 Å². The number of carbonyl (C=O) groups excluding carboxylic acids is 2. The molecule has 0 bridgehead atoms. The highest BCUT2D eigenvalue weighted by Crippen LogP contribution is 2.54. The predicted octanol–water partition coefficient (Wildman–Crippen LogP) is 0.683. The van der Waals surface area contributed by atoms with Crippen molar-refractivity contribution in [2.24, 2.45) is 23.5 Å². The summed E-state index contributed by atoms with van der Waals surface area (Å²) in [6, 6.07) is 0.997. The number of allylic oxidation sites excluding steroid dienone is 1. The van der Waals surface area contributed by atoms with Gasteiger partial charge in [-0.05, 0) is 63.4 Å². The summed E-state index contributed by atoms with van der Waals surface area (Å²) in [7, 11) is 7.02. The van der Waals surface area contributed by atoms with Gasteiger partial charge in [-0.2, -0.15) is 0 Å². The number of nitrogens with one attached hydrogen (secondary N) is 1. The summed E-state index contributed by atoms with van der Waals surface area (Å²) >= 11 is 0. The lowest BCUT2D eigenvalue weighted by molar-refractivity contribution is -0.200. The highest BCUT2D eigenvalue weighted by Gasteiger charge is 2.60. The van der Waals surface area contributed by atoms with Gasteiger partial charge in [-0.25, -0.2) is 0 Å². The van der Waals surface area contributed by atoms with Gasteiger partial charge >= 0.3 is 0 Å². The van der Waals surface area contributed by atoms with Crippen molar-refractivity contribution in [1.82, 2.24) is 10.2 Å². The molecule has 0 heterocycles. The van der Waals surface area contributed by atoms with Crippen LogP contribution in [0.1, 0.15) is 41.3 Å². The Bertz CT molecular complexity index is 1230. The van der Waals surface area contributed by atoms with Crippen molar-refractivity contribution in [3.05, 3.63) is 45.4 Å². The summed E-state index contributed by atoms with van der Waals surface area (Å²) in [5, 5.41) is 59.0. The number of carbonyl (C=O) groups is 2. The number of anilines is 1. The van der Waals surface area contributed by atoms with E-state index in [0.29, 0.717) is 24.1 Å². The average Bonchev–Trinajstić information content (AvgIpc) is 2.78. The number of hydrogen-bond donors (Lipinski definition) is 7. The van der Waals surface area contributed by atoms with E-state index >= 15 is 0 Å². The summed E-state index contributed by atoms with van der Waals surface area (Å²) in [4.78, 5) is 29.7. The van der Waals surface area contributed by atoms with Gasteiger partial charge in [0, 0.05) is 37.5 Å². The van der Waals surface area contributed by atoms with Crippen molar-refractivity contribution in [2.45, 2.75) is 44.6 Å². The van der Waals surface area contributed by atoms with Crippen molar-refractivity contribution in [2.75, 3.05) is 39.6 Å².